The number of hydrogen-bond acceptors (Lipinski definition) is 1. The van der Waals surface area contributed by atoms with Crippen molar-refractivity contribution in [2.45, 2.75) is 20.0 Å². The minimum atomic E-state index is -4.53. The number of carbonyl (C=O) groups excluding carboxylic acids is 1. The van der Waals surface area contributed by atoms with Crippen molar-refractivity contribution in [1.82, 2.24) is 0 Å². The van der Waals surface area contributed by atoms with Crippen LogP contribution >= 0.6 is 23.2 Å². The van der Waals surface area contributed by atoms with Crippen molar-refractivity contribution < 1.29 is 18.0 Å². The number of halogens is 5. The Bertz CT molecular complexity index is 621. The quantitative estimate of drug-likeness (QED) is 0.792. The minimum Gasteiger partial charge on any atom is -0.325 e. The first-order valence-corrected chi connectivity index (χ1v) is 7.30. The van der Waals surface area contributed by atoms with Crippen LogP contribution in [0.3, 0.4) is 0 Å². The molecule has 1 aromatic rings. The average Bonchev–Trinajstić information content (AvgIpc) is 2.89. The maximum atomic E-state index is 12.9. The van der Waals surface area contributed by atoms with Gasteiger partial charge in [-0.25, -0.2) is 0 Å². The van der Waals surface area contributed by atoms with Gasteiger partial charge in [0, 0.05) is 0 Å². The maximum Gasteiger partial charge on any atom is 0.418 e. The second-order valence-electron chi connectivity index (χ2n) is 5.81. The summed E-state index contributed by atoms with van der Waals surface area (Å²) in [5.41, 5.74) is -1.52. The fourth-order valence-corrected chi connectivity index (χ4v) is 2.95. The molecule has 120 valence electrons. The molecule has 2 atom stereocenters. The zero-order chi connectivity index (χ0) is 16.7. The molecular formula is C15H14Cl2F3NO. The molecule has 1 aliphatic carbocycles. The lowest BCUT2D eigenvalue weighted by molar-refractivity contribution is -0.137. The first kappa shape index (κ1) is 17.2. The molecule has 1 amide bonds. The van der Waals surface area contributed by atoms with Crippen molar-refractivity contribution >= 4 is 34.8 Å². The predicted molar refractivity (Wildman–Crippen MR) is 80.6 cm³/mol. The van der Waals surface area contributed by atoms with E-state index in [0.29, 0.717) is 0 Å². The van der Waals surface area contributed by atoms with Crippen LogP contribution < -0.4 is 5.32 Å². The molecule has 1 fully saturated rings. The normalized spacial score (nSPS) is 22.9. The minimum absolute atomic E-state index is 0.0454. The summed E-state index contributed by atoms with van der Waals surface area (Å²) < 4.78 is 38.8. The van der Waals surface area contributed by atoms with Gasteiger partial charge >= 0.3 is 6.18 Å². The van der Waals surface area contributed by atoms with Crippen LogP contribution in [0.15, 0.2) is 34.8 Å². The summed E-state index contributed by atoms with van der Waals surface area (Å²) in [7, 11) is 0. The van der Waals surface area contributed by atoms with Crippen LogP contribution in [0.1, 0.15) is 19.4 Å². The first-order chi connectivity index (χ1) is 10.0. The molecule has 2 nitrogen and oxygen atoms in total. The number of benzene rings is 1. The Kier molecular flexibility index (Phi) is 4.51. The SMILES string of the molecule is CC1(C)C(C=C(Cl)Cl)C1C(=O)Nc1ccccc1C(F)(F)F. The molecular weight excluding hydrogens is 338 g/mol. The second-order valence-corrected chi connectivity index (χ2v) is 6.82. The van der Waals surface area contributed by atoms with Gasteiger partial charge in [0.05, 0.1) is 17.2 Å². The molecule has 0 saturated heterocycles. The molecule has 0 aliphatic heterocycles. The fourth-order valence-electron chi connectivity index (χ4n) is 2.68. The van der Waals surface area contributed by atoms with Crippen molar-refractivity contribution in [3.8, 4) is 0 Å². The highest BCUT2D eigenvalue weighted by Gasteiger charge is 2.60. The molecule has 0 heterocycles. The molecule has 0 spiro atoms. The number of hydrogen-bond donors (Lipinski definition) is 1. The smallest absolute Gasteiger partial charge is 0.325 e. The molecule has 1 N–H and O–H groups in total. The summed E-state index contributed by atoms with van der Waals surface area (Å²) >= 11 is 11.2. The Morgan fingerprint density at radius 1 is 1.27 bits per heavy atom. The summed E-state index contributed by atoms with van der Waals surface area (Å²) in [5, 5.41) is 2.36. The molecule has 2 rings (SSSR count). The lowest BCUT2D eigenvalue weighted by atomic mass is 10.1. The number of rotatable bonds is 3. The molecule has 1 aliphatic rings. The number of carbonyl (C=O) groups is 1. The predicted octanol–water partition coefficient (Wildman–Crippen LogP) is 5.24. The molecule has 22 heavy (non-hydrogen) atoms. The first-order valence-electron chi connectivity index (χ1n) is 6.55. The summed E-state index contributed by atoms with van der Waals surface area (Å²) in [4.78, 5) is 12.3. The van der Waals surface area contributed by atoms with Gasteiger partial charge in [0.25, 0.3) is 0 Å². The lowest BCUT2D eigenvalue weighted by Gasteiger charge is -2.13. The summed E-state index contributed by atoms with van der Waals surface area (Å²) in [6.07, 6.45) is -2.98. The zero-order valence-electron chi connectivity index (χ0n) is 11.8. The van der Waals surface area contributed by atoms with Crippen molar-refractivity contribution in [3.05, 3.63) is 40.4 Å². The van der Waals surface area contributed by atoms with Gasteiger partial charge in [0.15, 0.2) is 0 Å². The third-order valence-electron chi connectivity index (χ3n) is 3.99. The van der Waals surface area contributed by atoms with Crippen LogP contribution in [0.4, 0.5) is 18.9 Å². The number of alkyl halides is 3. The van der Waals surface area contributed by atoms with E-state index in [-0.39, 0.29) is 16.1 Å². The van der Waals surface area contributed by atoms with Crippen LogP contribution in [-0.4, -0.2) is 5.91 Å². The van der Waals surface area contributed by atoms with E-state index in [2.05, 4.69) is 5.32 Å². The van der Waals surface area contributed by atoms with Gasteiger partial charge in [-0.1, -0.05) is 49.2 Å². The fraction of sp³-hybridized carbons (Fsp3) is 0.400. The Balaban J connectivity index is 2.20. The van der Waals surface area contributed by atoms with Crippen LogP contribution in [0.5, 0.6) is 0 Å². The highest BCUT2D eigenvalue weighted by molar-refractivity contribution is 6.55. The lowest BCUT2D eigenvalue weighted by Crippen LogP contribution is -2.19. The maximum absolute atomic E-state index is 12.9. The van der Waals surface area contributed by atoms with E-state index in [0.717, 1.165) is 6.07 Å². The Morgan fingerprint density at radius 3 is 2.41 bits per heavy atom. The van der Waals surface area contributed by atoms with E-state index < -0.39 is 29.0 Å². The summed E-state index contributed by atoms with van der Waals surface area (Å²) in [6, 6.07) is 4.88. The number of allylic oxidation sites excluding steroid dienone is 1. The average molecular weight is 352 g/mol. The largest absolute Gasteiger partial charge is 0.418 e. The number of nitrogens with one attached hydrogen (secondary N) is 1. The monoisotopic (exact) mass is 351 g/mol. The highest BCUT2D eigenvalue weighted by atomic mass is 35.5. The summed E-state index contributed by atoms with van der Waals surface area (Å²) in [5.74, 6) is -1.14. The summed E-state index contributed by atoms with van der Waals surface area (Å²) in [6.45, 7) is 3.68. The zero-order valence-corrected chi connectivity index (χ0v) is 13.4. The van der Waals surface area contributed by atoms with Gasteiger partial charge in [0.1, 0.15) is 4.49 Å². The second kappa shape index (κ2) is 5.78. The van der Waals surface area contributed by atoms with Gasteiger partial charge in [-0.3, -0.25) is 4.79 Å². The van der Waals surface area contributed by atoms with Crippen LogP contribution in [0, 0.1) is 17.3 Å². The number of para-hydroxylation sites is 1. The topological polar surface area (TPSA) is 29.1 Å². The van der Waals surface area contributed by atoms with Crippen molar-refractivity contribution in [2.24, 2.45) is 17.3 Å². The molecule has 7 heteroatoms. The van der Waals surface area contributed by atoms with E-state index in [1.165, 1.54) is 18.2 Å². The van der Waals surface area contributed by atoms with Crippen molar-refractivity contribution in [1.29, 1.82) is 0 Å². The van der Waals surface area contributed by atoms with Crippen LogP contribution in [0.25, 0.3) is 0 Å². The highest BCUT2D eigenvalue weighted by Crippen LogP contribution is 2.60. The van der Waals surface area contributed by atoms with Crippen LogP contribution in [0.2, 0.25) is 0 Å². The van der Waals surface area contributed by atoms with E-state index in [1.807, 2.05) is 13.8 Å². The van der Waals surface area contributed by atoms with Gasteiger partial charge in [-0.2, -0.15) is 13.2 Å². The molecule has 1 aromatic carbocycles. The van der Waals surface area contributed by atoms with Crippen LogP contribution in [-0.2, 0) is 11.0 Å². The van der Waals surface area contributed by atoms with E-state index in [9.17, 15) is 18.0 Å². The van der Waals surface area contributed by atoms with Gasteiger partial charge in [0.2, 0.25) is 5.91 Å². The van der Waals surface area contributed by atoms with E-state index in [4.69, 9.17) is 23.2 Å². The Labute approximate surface area is 136 Å². The molecule has 2 unspecified atom stereocenters. The third-order valence-corrected chi connectivity index (χ3v) is 4.24. The van der Waals surface area contributed by atoms with E-state index in [1.54, 1.807) is 6.08 Å². The van der Waals surface area contributed by atoms with Crippen molar-refractivity contribution in [2.75, 3.05) is 5.32 Å². The Morgan fingerprint density at radius 2 is 1.86 bits per heavy atom. The number of anilines is 1. The van der Waals surface area contributed by atoms with Gasteiger partial charge < -0.3 is 5.32 Å². The van der Waals surface area contributed by atoms with E-state index >= 15 is 0 Å². The standard InChI is InChI=1S/C15H14Cl2F3NO/c1-14(2)9(7-11(16)17)12(14)13(22)21-10-6-4-3-5-8(10)15(18,19)20/h3-7,9,12H,1-2H3,(H,21,22). The third kappa shape index (κ3) is 3.41. The van der Waals surface area contributed by atoms with Gasteiger partial charge in [-0.15, -0.1) is 0 Å². The van der Waals surface area contributed by atoms with Gasteiger partial charge in [-0.05, 0) is 29.5 Å². The molecule has 1 saturated carbocycles. The molecule has 0 radical (unpaired) electrons. The molecule has 0 aromatic heterocycles. The van der Waals surface area contributed by atoms with Crippen molar-refractivity contribution in [3.63, 3.8) is 0 Å². The molecule has 0 bridgehead atoms. The number of amides is 1. The Hall–Kier alpha value is -1.20.